The molecule has 1 aromatic carbocycles. The van der Waals surface area contributed by atoms with Crippen LogP contribution in [0.5, 0.6) is 5.75 Å². The smallest absolute Gasteiger partial charge is 0.122 e. The van der Waals surface area contributed by atoms with Crippen LogP contribution in [-0.2, 0) is 12.8 Å². The second kappa shape index (κ2) is 5.04. The Morgan fingerprint density at radius 1 is 1.29 bits per heavy atom. The van der Waals surface area contributed by atoms with E-state index in [-0.39, 0.29) is 0 Å². The number of hydrogen-bond donors (Lipinski definition) is 1. The molecule has 0 bridgehead atoms. The predicted molar refractivity (Wildman–Crippen MR) is 68.5 cm³/mol. The SMILES string of the molecule is CCc1ccc(OC)c(Cc2cc(C)[nH]n2)c1. The van der Waals surface area contributed by atoms with Crippen LogP contribution < -0.4 is 4.74 Å². The van der Waals surface area contributed by atoms with E-state index in [0.29, 0.717) is 0 Å². The second-order valence-electron chi connectivity index (χ2n) is 4.22. The third-order valence-electron chi connectivity index (χ3n) is 2.88. The number of ether oxygens (including phenoxy) is 1. The van der Waals surface area contributed by atoms with E-state index < -0.39 is 0 Å². The lowest BCUT2D eigenvalue weighted by Gasteiger charge is -2.09. The molecule has 0 saturated carbocycles. The highest BCUT2D eigenvalue weighted by Crippen LogP contribution is 2.22. The average Bonchev–Trinajstić information content (AvgIpc) is 2.74. The lowest BCUT2D eigenvalue weighted by atomic mass is 10.0. The van der Waals surface area contributed by atoms with E-state index in [9.17, 15) is 0 Å². The molecule has 0 aliphatic heterocycles. The maximum Gasteiger partial charge on any atom is 0.122 e. The van der Waals surface area contributed by atoms with Crippen LogP contribution in [0.25, 0.3) is 0 Å². The summed E-state index contributed by atoms with van der Waals surface area (Å²) in [5.41, 5.74) is 4.66. The van der Waals surface area contributed by atoms with E-state index in [0.717, 1.165) is 30.0 Å². The third kappa shape index (κ3) is 2.67. The minimum absolute atomic E-state index is 0.807. The Labute approximate surface area is 102 Å². The minimum atomic E-state index is 0.807. The summed E-state index contributed by atoms with van der Waals surface area (Å²) in [5, 5.41) is 7.23. The first-order chi connectivity index (χ1) is 8.22. The number of rotatable bonds is 4. The molecule has 2 rings (SSSR count). The molecule has 0 aliphatic carbocycles. The third-order valence-corrected chi connectivity index (χ3v) is 2.88. The second-order valence-corrected chi connectivity index (χ2v) is 4.22. The van der Waals surface area contributed by atoms with Gasteiger partial charge in [0.05, 0.1) is 12.8 Å². The summed E-state index contributed by atoms with van der Waals surface area (Å²) in [7, 11) is 1.71. The van der Waals surface area contributed by atoms with Gasteiger partial charge in [-0.25, -0.2) is 0 Å². The van der Waals surface area contributed by atoms with Crippen LogP contribution in [0, 0.1) is 6.92 Å². The van der Waals surface area contributed by atoms with Gasteiger partial charge in [-0.3, -0.25) is 5.10 Å². The number of nitrogens with zero attached hydrogens (tertiary/aromatic N) is 1. The molecule has 0 amide bonds. The molecule has 1 N–H and O–H groups in total. The molecule has 0 aliphatic rings. The zero-order chi connectivity index (χ0) is 12.3. The van der Waals surface area contributed by atoms with Crippen molar-refractivity contribution in [1.82, 2.24) is 10.2 Å². The maximum atomic E-state index is 5.39. The Hall–Kier alpha value is -1.77. The van der Waals surface area contributed by atoms with Gasteiger partial charge in [-0.1, -0.05) is 19.1 Å². The van der Waals surface area contributed by atoms with Gasteiger partial charge in [0.1, 0.15) is 5.75 Å². The van der Waals surface area contributed by atoms with Crippen molar-refractivity contribution in [3.05, 3.63) is 46.8 Å². The van der Waals surface area contributed by atoms with E-state index in [4.69, 9.17) is 4.74 Å². The topological polar surface area (TPSA) is 37.9 Å². The van der Waals surface area contributed by atoms with Crippen LogP contribution >= 0.6 is 0 Å². The van der Waals surface area contributed by atoms with Gasteiger partial charge in [0, 0.05) is 17.7 Å². The number of nitrogens with one attached hydrogen (secondary N) is 1. The van der Waals surface area contributed by atoms with Crippen LogP contribution in [0.1, 0.15) is 29.4 Å². The Balaban J connectivity index is 2.29. The van der Waals surface area contributed by atoms with E-state index in [1.165, 1.54) is 11.1 Å². The van der Waals surface area contributed by atoms with Crippen molar-refractivity contribution < 1.29 is 4.74 Å². The van der Waals surface area contributed by atoms with Crippen molar-refractivity contribution in [2.45, 2.75) is 26.7 Å². The first-order valence-corrected chi connectivity index (χ1v) is 5.89. The molecule has 0 radical (unpaired) electrons. The van der Waals surface area contributed by atoms with Crippen LogP contribution in [0.2, 0.25) is 0 Å². The van der Waals surface area contributed by atoms with Crippen LogP contribution in [-0.4, -0.2) is 17.3 Å². The van der Waals surface area contributed by atoms with Crippen molar-refractivity contribution in [3.63, 3.8) is 0 Å². The van der Waals surface area contributed by atoms with E-state index in [2.05, 4.69) is 35.3 Å². The number of H-pyrrole nitrogens is 1. The van der Waals surface area contributed by atoms with Gasteiger partial charge >= 0.3 is 0 Å². The highest BCUT2D eigenvalue weighted by atomic mass is 16.5. The standard InChI is InChI=1S/C14H18N2O/c1-4-11-5-6-14(17-3)12(8-11)9-13-7-10(2)15-16-13/h5-8H,4,9H2,1-3H3,(H,15,16). The van der Waals surface area contributed by atoms with Crippen LogP contribution in [0.3, 0.4) is 0 Å². The van der Waals surface area contributed by atoms with Crippen molar-refractivity contribution in [1.29, 1.82) is 0 Å². The normalized spacial score (nSPS) is 10.5. The summed E-state index contributed by atoms with van der Waals surface area (Å²) in [4.78, 5) is 0. The number of hydrogen-bond acceptors (Lipinski definition) is 2. The summed E-state index contributed by atoms with van der Waals surface area (Å²) >= 11 is 0. The van der Waals surface area contributed by atoms with Gasteiger partial charge in [-0.15, -0.1) is 0 Å². The van der Waals surface area contributed by atoms with Crippen LogP contribution in [0.4, 0.5) is 0 Å². The molecule has 0 unspecified atom stereocenters. The minimum Gasteiger partial charge on any atom is -0.496 e. The summed E-state index contributed by atoms with van der Waals surface area (Å²) in [6.07, 6.45) is 1.85. The number of aromatic nitrogens is 2. The molecule has 1 aromatic heterocycles. The zero-order valence-corrected chi connectivity index (χ0v) is 10.6. The number of aryl methyl sites for hydroxylation is 2. The van der Waals surface area contributed by atoms with E-state index >= 15 is 0 Å². The van der Waals surface area contributed by atoms with Crippen molar-refractivity contribution in [2.24, 2.45) is 0 Å². The van der Waals surface area contributed by atoms with E-state index in [1.807, 2.05) is 13.0 Å². The lowest BCUT2D eigenvalue weighted by Crippen LogP contribution is -1.96. The molecule has 1 heterocycles. The fourth-order valence-electron chi connectivity index (χ4n) is 1.95. The summed E-state index contributed by atoms with van der Waals surface area (Å²) in [5.74, 6) is 0.933. The molecule has 0 fully saturated rings. The van der Waals surface area contributed by atoms with Gasteiger partial charge in [-0.05, 0) is 31.0 Å². The zero-order valence-electron chi connectivity index (χ0n) is 10.6. The Morgan fingerprint density at radius 3 is 2.71 bits per heavy atom. The van der Waals surface area contributed by atoms with E-state index in [1.54, 1.807) is 7.11 Å². The Kier molecular flexibility index (Phi) is 3.47. The molecule has 17 heavy (non-hydrogen) atoms. The maximum absolute atomic E-state index is 5.39. The van der Waals surface area contributed by atoms with Crippen molar-refractivity contribution in [3.8, 4) is 5.75 Å². The molecule has 90 valence electrons. The van der Waals surface area contributed by atoms with Gasteiger partial charge < -0.3 is 4.74 Å². The first kappa shape index (κ1) is 11.7. The molecule has 3 nitrogen and oxygen atoms in total. The Bertz CT molecular complexity index is 503. The monoisotopic (exact) mass is 230 g/mol. The molecular formula is C14H18N2O. The molecule has 0 saturated heterocycles. The van der Waals surface area contributed by atoms with Crippen LogP contribution in [0.15, 0.2) is 24.3 Å². The fourth-order valence-corrected chi connectivity index (χ4v) is 1.95. The summed E-state index contributed by atoms with van der Waals surface area (Å²) < 4.78 is 5.39. The van der Waals surface area contributed by atoms with Gasteiger partial charge in [0.2, 0.25) is 0 Å². The number of aromatic amines is 1. The highest BCUT2D eigenvalue weighted by molar-refractivity contribution is 5.39. The molecule has 0 atom stereocenters. The number of methoxy groups -OCH3 is 1. The average molecular weight is 230 g/mol. The van der Waals surface area contributed by atoms with Crippen molar-refractivity contribution >= 4 is 0 Å². The van der Waals surface area contributed by atoms with Gasteiger partial charge in [-0.2, -0.15) is 5.10 Å². The number of benzene rings is 1. The van der Waals surface area contributed by atoms with Crippen molar-refractivity contribution in [2.75, 3.05) is 7.11 Å². The Morgan fingerprint density at radius 2 is 2.12 bits per heavy atom. The molecule has 3 heteroatoms. The first-order valence-electron chi connectivity index (χ1n) is 5.89. The molecule has 0 spiro atoms. The predicted octanol–water partition coefficient (Wildman–Crippen LogP) is 2.88. The fraction of sp³-hybridized carbons (Fsp3) is 0.357. The molecule has 2 aromatic rings. The summed E-state index contributed by atoms with van der Waals surface area (Å²) in [6, 6.07) is 8.41. The highest BCUT2D eigenvalue weighted by Gasteiger charge is 2.07. The lowest BCUT2D eigenvalue weighted by molar-refractivity contribution is 0.410. The molecular weight excluding hydrogens is 212 g/mol. The largest absolute Gasteiger partial charge is 0.496 e. The summed E-state index contributed by atoms with van der Waals surface area (Å²) in [6.45, 7) is 4.17. The quantitative estimate of drug-likeness (QED) is 0.877. The van der Waals surface area contributed by atoms with Gasteiger partial charge in [0.25, 0.3) is 0 Å². The van der Waals surface area contributed by atoms with Gasteiger partial charge in [0.15, 0.2) is 0 Å².